The third-order valence-electron chi connectivity index (χ3n) is 3.85. The molecule has 3 rings (SSSR count). The molecule has 0 aliphatic carbocycles. The van der Waals surface area contributed by atoms with Gasteiger partial charge in [0.2, 0.25) is 0 Å². The van der Waals surface area contributed by atoms with E-state index in [9.17, 15) is 9.59 Å². The van der Waals surface area contributed by atoms with Gasteiger partial charge in [0.1, 0.15) is 5.54 Å². The molecule has 0 radical (unpaired) electrons. The van der Waals surface area contributed by atoms with Crippen molar-refractivity contribution in [2.45, 2.75) is 19.0 Å². The summed E-state index contributed by atoms with van der Waals surface area (Å²) in [5.74, 6) is -0.303. The van der Waals surface area contributed by atoms with Crippen LogP contribution in [0.1, 0.15) is 18.1 Å². The summed E-state index contributed by atoms with van der Waals surface area (Å²) in [5, 5.41) is 2.40. The maximum Gasteiger partial charge on any atom is 0.325 e. The predicted molar refractivity (Wildman–Crippen MR) is 77.1 cm³/mol. The van der Waals surface area contributed by atoms with Crippen LogP contribution in [0.4, 0.5) is 4.79 Å². The van der Waals surface area contributed by atoms with Gasteiger partial charge in [-0.2, -0.15) is 0 Å². The lowest BCUT2D eigenvalue weighted by molar-refractivity contribution is -0.126. The number of hydrogen-bond donors (Lipinski definition) is 1. The molecule has 3 amide bonds. The molecule has 1 unspecified atom stereocenters. The smallest absolute Gasteiger partial charge is 0.301 e. The first-order chi connectivity index (χ1) is 10.1. The second kappa shape index (κ2) is 5.01. The number of carbonyl (C=O) groups is 2. The molecule has 5 heteroatoms. The molecule has 1 aliphatic heterocycles. The van der Waals surface area contributed by atoms with E-state index in [2.05, 4.69) is 10.3 Å². The predicted octanol–water partition coefficient (Wildman–Crippen LogP) is 2.05. The molecule has 1 aromatic carbocycles. The SMILES string of the molecule is CC1(c2ccccc2)C(=O)NC(=O)N1Cc1cccnc1. The van der Waals surface area contributed by atoms with Crippen molar-refractivity contribution in [1.29, 1.82) is 0 Å². The van der Waals surface area contributed by atoms with E-state index in [-0.39, 0.29) is 11.9 Å². The first kappa shape index (κ1) is 13.3. The number of nitrogens with zero attached hydrogens (tertiary/aromatic N) is 2. The topological polar surface area (TPSA) is 62.3 Å². The Kier molecular flexibility index (Phi) is 3.17. The lowest BCUT2D eigenvalue weighted by Gasteiger charge is -2.32. The number of nitrogens with one attached hydrogen (secondary N) is 1. The van der Waals surface area contributed by atoms with E-state index < -0.39 is 5.54 Å². The minimum atomic E-state index is -1.01. The van der Waals surface area contributed by atoms with Gasteiger partial charge in [-0.15, -0.1) is 0 Å². The molecule has 5 nitrogen and oxygen atoms in total. The summed E-state index contributed by atoms with van der Waals surface area (Å²) in [7, 11) is 0. The van der Waals surface area contributed by atoms with Crippen LogP contribution in [0, 0.1) is 0 Å². The van der Waals surface area contributed by atoms with E-state index in [1.807, 2.05) is 42.5 Å². The monoisotopic (exact) mass is 281 g/mol. The van der Waals surface area contributed by atoms with E-state index in [0.717, 1.165) is 11.1 Å². The fraction of sp³-hybridized carbons (Fsp3) is 0.188. The number of pyridine rings is 1. The molecule has 1 saturated heterocycles. The van der Waals surface area contributed by atoms with Gasteiger partial charge in [0, 0.05) is 12.4 Å². The van der Waals surface area contributed by atoms with Crippen molar-refractivity contribution in [1.82, 2.24) is 15.2 Å². The Morgan fingerprint density at radius 2 is 1.90 bits per heavy atom. The third kappa shape index (κ3) is 2.16. The minimum Gasteiger partial charge on any atom is -0.301 e. The summed E-state index contributed by atoms with van der Waals surface area (Å²) in [4.78, 5) is 30.1. The Morgan fingerprint density at radius 1 is 1.14 bits per heavy atom. The van der Waals surface area contributed by atoms with Crippen LogP contribution in [-0.2, 0) is 16.9 Å². The molecule has 1 aliphatic rings. The summed E-state index contributed by atoms with van der Waals surface area (Å²) >= 11 is 0. The second-order valence-corrected chi connectivity index (χ2v) is 5.14. The zero-order valence-corrected chi connectivity index (χ0v) is 11.6. The molecule has 21 heavy (non-hydrogen) atoms. The Hall–Kier alpha value is -2.69. The maximum absolute atomic E-state index is 12.3. The lowest BCUT2D eigenvalue weighted by Crippen LogP contribution is -2.43. The molecule has 0 bridgehead atoms. The van der Waals surface area contributed by atoms with Gasteiger partial charge in [0.25, 0.3) is 5.91 Å². The van der Waals surface area contributed by atoms with E-state index in [0.29, 0.717) is 6.54 Å². The number of hydrogen-bond acceptors (Lipinski definition) is 3. The summed E-state index contributed by atoms with van der Waals surface area (Å²) in [5.41, 5.74) is 0.663. The van der Waals surface area contributed by atoms with Crippen LogP contribution in [0.3, 0.4) is 0 Å². The molecule has 2 heterocycles. The highest BCUT2D eigenvalue weighted by atomic mass is 16.2. The summed E-state index contributed by atoms with van der Waals surface area (Å²) in [6.45, 7) is 2.09. The number of amides is 3. The molecule has 1 fully saturated rings. The van der Waals surface area contributed by atoms with Gasteiger partial charge in [-0.05, 0) is 24.1 Å². The highest BCUT2D eigenvalue weighted by Gasteiger charge is 2.50. The van der Waals surface area contributed by atoms with Gasteiger partial charge in [0.05, 0.1) is 6.54 Å². The fourth-order valence-electron chi connectivity index (χ4n) is 2.57. The van der Waals surface area contributed by atoms with E-state index in [1.54, 1.807) is 24.2 Å². The Bertz CT molecular complexity index is 672. The molecule has 106 valence electrons. The van der Waals surface area contributed by atoms with Crippen LogP contribution in [0.25, 0.3) is 0 Å². The quantitative estimate of drug-likeness (QED) is 0.876. The average Bonchev–Trinajstić information content (AvgIpc) is 2.74. The van der Waals surface area contributed by atoms with Crippen molar-refractivity contribution >= 4 is 11.9 Å². The Labute approximate surface area is 122 Å². The van der Waals surface area contributed by atoms with Crippen LogP contribution >= 0.6 is 0 Å². The van der Waals surface area contributed by atoms with Gasteiger partial charge in [0.15, 0.2) is 0 Å². The van der Waals surface area contributed by atoms with E-state index >= 15 is 0 Å². The molecule has 0 spiro atoms. The van der Waals surface area contributed by atoms with E-state index in [4.69, 9.17) is 0 Å². The number of rotatable bonds is 3. The lowest BCUT2D eigenvalue weighted by atomic mass is 9.90. The van der Waals surface area contributed by atoms with E-state index in [1.165, 1.54) is 0 Å². The Morgan fingerprint density at radius 3 is 2.57 bits per heavy atom. The zero-order chi connectivity index (χ0) is 14.9. The third-order valence-corrected chi connectivity index (χ3v) is 3.85. The van der Waals surface area contributed by atoms with Crippen LogP contribution < -0.4 is 5.32 Å². The zero-order valence-electron chi connectivity index (χ0n) is 11.6. The van der Waals surface area contributed by atoms with Gasteiger partial charge in [-0.25, -0.2) is 4.79 Å². The van der Waals surface area contributed by atoms with Gasteiger partial charge in [-0.3, -0.25) is 15.1 Å². The van der Waals surface area contributed by atoms with Crippen LogP contribution in [-0.4, -0.2) is 21.8 Å². The molecule has 1 atom stereocenters. The highest BCUT2D eigenvalue weighted by molar-refractivity contribution is 6.07. The molecular formula is C16H15N3O2. The largest absolute Gasteiger partial charge is 0.325 e. The second-order valence-electron chi connectivity index (χ2n) is 5.14. The van der Waals surface area contributed by atoms with Crippen molar-refractivity contribution in [2.75, 3.05) is 0 Å². The summed E-state index contributed by atoms with van der Waals surface area (Å²) < 4.78 is 0. The van der Waals surface area contributed by atoms with Crippen molar-refractivity contribution in [3.05, 3.63) is 66.0 Å². The number of urea groups is 1. The molecular weight excluding hydrogens is 266 g/mol. The van der Waals surface area contributed by atoms with Crippen LogP contribution in [0.2, 0.25) is 0 Å². The Balaban J connectivity index is 2.00. The summed E-state index contributed by atoms with van der Waals surface area (Å²) in [6.07, 6.45) is 3.37. The maximum atomic E-state index is 12.3. The van der Waals surface area contributed by atoms with Crippen molar-refractivity contribution < 1.29 is 9.59 Å². The first-order valence-electron chi connectivity index (χ1n) is 6.70. The molecule has 0 saturated carbocycles. The van der Waals surface area contributed by atoms with Crippen LogP contribution in [0.15, 0.2) is 54.9 Å². The first-order valence-corrected chi connectivity index (χ1v) is 6.70. The normalized spacial score (nSPS) is 21.5. The summed E-state index contributed by atoms with van der Waals surface area (Å²) in [6, 6.07) is 12.6. The minimum absolute atomic E-state index is 0.303. The average molecular weight is 281 g/mol. The molecule has 1 aromatic heterocycles. The number of benzene rings is 1. The van der Waals surface area contributed by atoms with Crippen molar-refractivity contribution in [2.24, 2.45) is 0 Å². The number of carbonyl (C=O) groups excluding carboxylic acids is 2. The molecule has 2 aromatic rings. The van der Waals surface area contributed by atoms with Crippen LogP contribution in [0.5, 0.6) is 0 Å². The highest BCUT2D eigenvalue weighted by Crippen LogP contribution is 2.33. The van der Waals surface area contributed by atoms with Gasteiger partial charge >= 0.3 is 6.03 Å². The van der Waals surface area contributed by atoms with Gasteiger partial charge in [-0.1, -0.05) is 36.4 Å². The van der Waals surface area contributed by atoms with Gasteiger partial charge < -0.3 is 4.90 Å². The number of imide groups is 1. The van der Waals surface area contributed by atoms with Crippen molar-refractivity contribution in [3.8, 4) is 0 Å². The standard InChI is InChI=1S/C16H15N3O2/c1-16(13-7-3-2-4-8-13)14(20)18-15(21)19(16)11-12-6-5-9-17-10-12/h2-10H,11H2,1H3,(H,18,20,21). The fourth-order valence-corrected chi connectivity index (χ4v) is 2.57. The number of aromatic nitrogens is 1. The van der Waals surface area contributed by atoms with Crippen molar-refractivity contribution in [3.63, 3.8) is 0 Å². The molecule has 1 N–H and O–H groups in total.